The lowest BCUT2D eigenvalue weighted by molar-refractivity contribution is -0.130. The molecule has 0 spiro atoms. The molecule has 0 heterocycles. The van der Waals surface area contributed by atoms with E-state index < -0.39 is 12.1 Å². The van der Waals surface area contributed by atoms with Crippen LogP contribution in [0.25, 0.3) is 0 Å². The maximum atomic E-state index is 12.2. The van der Waals surface area contributed by atoms with Crippen molar-refractivity contribution in [2.45, 2.75) is 56.6 Å². The summed E-state index contributed by atoms with van der Waals surface area (Å²) in [5.74, 6) is -0.190. The Morgan fingerprint density at radius 1 is 1.22 bits per heavy atom. The zero-order chi connectivity index (χ0) is 16.8. The first-order chi connectivity index (χ1) is 11.0. The highest BCUT2D eigenvalue weighted by Gasteiger charge is 2.26. The lowest BCUT2D eigenvalue weighted by atomic mass is 9.86. The summed E-state index contributed by atoms with van der Waals surface area (Å²) in [4.78, 5) is 25.4. The summed E-state index contributed by atoms with van der Waals surface area (Å²) >= 11 is 1.61. The van der Waals surface area contributed by atoms with Gasteiger partial charge in [-0.3, -0.25) is 4.79 Å². The average Bonchev–Trinajstić information content (AvgIpc) is 2.56. The number of esters is 1. The zero-order valence-electron chi connectivity index (χ0n) is 14.0. The minimum Gasteiger partial charge on any atom is -0.449 e. The molecule has 1 amide bonds. The third-order valence-electron chi connectivity index (χ3n) is 4.42. The number of ether oxygens (including phenoxy) is 1. The molecular formula is C18H25NO3S. The van der Waals surface area contributed by atoms with E-state index in [0.29, 0.717) is 11.5 Å². The number of thioether (sulfide) groups is 1. The maximum absolute atomic E-state index is 12.2. The molecule has 1 fully saturated rings. The van der Waals surface area contributed by atoms with Crippen LogP contribution in [0.1, 0.15) is 49.9 Å². The van der Waals surface area contributed by atoms with Gasteiger partial charge in [-0.2, -0.15) is 0 Å². The fourth-order valence-corrected chi connectivity index (χ4v) is 3.25. The van der Waals surface area contributed by atoms with Crippen molar-refractivity contribution >= 4 is 23.6 Å². The number of hydrogen-bond acceptors (Lipinski definition) is 4. The molecule has 126 valence electrons. The largest absolute Gasteiger partial charge is 0.449 e. The van der Waals surface area contributed by atoms with Crippen LogP contribution in [0.5, 0.6) is 0 Å². The Hall–Kier alpha value is -1.49. The Morgan fingerprint density at radius 3 is 2.48 bits per heavy atom. The van der Waals surface area contributed by atoms with E-state index in [1.165, 1.54) is 6.42 Å². The van der Waals surface area contributed by atoms with E-state index in [2.05, 4.69) is 12.2 Å². The second kappa shape index (κ2) is 8.39. The Morgan fingerprint density at radius 2 is 1.87 bits per heavy atom. The molecule has 1 aliphatic carbocycles. The first-order valence-electron chi connectivity index (χ1n) is 8.16. The van der Waals surface area contributed by atoms with Gasteiger partial charge in [-0.1, -0.05) is 19.8 Å². The molecule has 4 nitrogen and oxygen atoms in total. The van der Waals surface area contributed by atoms with Gasteiger partial charge < -0.3 is 10.1 Å². The van der Waals surface area contributed by atoms with Gasteiger partial charge in [0.05, 0.1) is 5.56 Å². The molecule has 2 rings (SSSR count). The predicted molar refractivity (Wildman–Crippen MR) is 92.7 cm³/mol. The normalized spacial score (nSPS) is 22.2. The van der Waals surface area contributed by atoms with Crippen molar-refractivity contribution in [1.29, 1.82) is 0 Å². The molecule has 0 unspecified atom stereocenters. The number of hydrogen-bond donors (Lipinski definition) is 1. The molecule has 1 aromatic rings. The Labute approximate surface area is 142 Å². The number of nitrogens with one attached hydrogen (secondary N) is 1. The summed E-state index contributed by atoms with van der Waals surface area (Å²) in [5.41, 5.74) is 0.466. The monoisotopic (exact) mass is 335 g/mol. The highest BCUT2D eigenvalue weighted by molar-refractivity contribution is 7.98. The maximum Gasteiger partial charge on any atom is 0.338 e. The molecule has 1 aliphatic rings. The molecule has 5 heteroatoms. The van der Waals surface area contributed by atoms with E-state index >= 15 is 0 Å². The highest BCUT2D eigenvalue weighted by atomic mass is 32.2. The van der Waals surface area contributed by atoms with Crippen LogP contribution in [-0.4, -0.2) is 30.3 Å². The minimum absolute atomic E-state index is 0.193. The molecule has 1 N–H and O–H groups in total. The second-order valence-electron chi connectivity index (χ2n) is 6.15. The fourth-order valence-electron chi connectivity index (χ4n) is 2.84. The van der Waals surface area contributed by atoms with Gasteiger partial charge in [0.15, 0.2) is 6.10 Å². The van der Waals surface area contributed by atoms with Crippen molar-refractivity contribution < 1.29 is 14.3 Å². The van der Waals surface area contributed by atoms with Gasteiger partial charge in [0, 0.05) is 10.9 Å². The first-order valence-corrected chi connectivity index (χ1v) is 9.39. The summed E-state index contributed by atoms with van der Waals surface area (Å²) in [6.07, 6.45) is 5.71. The van der Waals surface area contributed by atoms with Gasteiger partial charge in [0.1, 0.15) is 0 Å². The van der Waals surface area contributed by atoms with Crippen LogP contribution < -0.4 is 5.32 Å². The Bertz CT molecular complexity index is 544. The summed E-state index contributed by atoms with van der Waals surface area (Å²) in [7, 11) is 0. The van der Waals surface area contributed by atoms with Crippen molar-refractivity contribution in [2.75, 3.05) is 6.26 Å². The summed E-state index contributed by atoms with van der Waals surface area (Å²) in [6.45, 7) is 3.78. The van der Waals surface area contributed by atoms with Crippen LogP contribution in [0, 0.1) is 5.92 Å². The van der Waals surface area contributed by atoms with Gasteiger partial charge in [0.25, 0.3) is 5.91 Å². The van der Waals surface area contributed by atoms with Crippen LogP contribution in [0.15, 0.2) is 29.2 Å². The quantitative estimate of drug-likeness (QED) is 0.659. The van der Waals surface area contributed by atoms with Gasteiger partial charge in [-0.05, 0) is 56.2 Å². The molecule has 0 radical (unpaired) electrons. The summed E-state index contributed by atoms with van der Waals surface area (Å²) in [6, 6.07) is 7.38. The predicted octanol–water partition coefficient (Wildman–Crippen LogP) is 3.65. The highest BCUT2D eigenvalue weighted by Crippen LogP contribution is 2.24. The van der Waals surface area contributed by atoms with Crippen molar-refractivity contribution in [1.82, 2.24) is 5.32 Å². The summed E-state index contributed by atoms with van der Waals surface area (Å²) in [5, 5.41) is 3.02. The van der Waals surface area contributed by atoms with Crippen molar-refractivity contribution in [3.63, 3.8) is 0 Å². The van der Waals surface area contributed by atoms with Gasteiger partial charge in [0.2, 0.25) is 0 Å². The van der Waals surface area contributed by atoms with Gasteiger partial charge in [-0.15, -0.1) is 11.8 Å². The van der Waals surface area contributed by atoms with Crippen molar-refractivity contribution in [3.05, 3.63) is 29.8 Å². The molecular weight excluding hydrogens is 310 g/mol. The van der Waals surface area contributed by atoms with Gasteiger partial charge in [-0.25, -0.2) is 4.79 Å². The number of amides is 1. The van der Waals surface area contributed by atoms with Crippen LogP contribution in [0.2, 0.25) is 0 Å². The number of rotatable bonds is 5. The third-order valence-corrected chi connectivity index (χ3v) is 5.16. The second-order valence-corrected chi connectivity index (χ2v) is 7.03. The summed E-state index contributed by atoms with van der Waals surface area (Å²) < 4.78 is 5.29. The number of benzene rings is 1. The van der Waals surface area contributed by atoms with Crippen molar-refractivity contribution in [2.24, 2.45) is 5.92 Å². The molecule has 23 heavy (non-hydrogen) atoms. The van der Waals surface area contributed by atoms with E-state index in [4.69, 9.17) is 4.74 Å². The van der Waals surface area contributed by atoms with E-state index in [0.717, 1.165) is 24.2 Å². The lowest BCUT2D eigenvalue weighted by Gasteiger charge is -2.30. The Kier molecular flexibility index (Phi) is 6.51. The number of carbonyl (C=O) groups is 2. The van der Waals surface area contributed by atoms with Crippen LogP contribution in [0.4, 0.5) is 0 Å². The first kappa shape index (κ1) is 17.9. The lowest BCUT2D eigenvalue weighted by Crippen LogP contribution is -2.45. The standard InChI is InChI=1S/C18H25NO3S/c1-12-6-4-5-7-16(12)19-17(20)13(2)22-18(21)14-8-10-15(23-3)11-9-14/h8-13,16H,4-7H2,1-3H3,(H,19,20)/t12-,13-,16-/m1/s1. The fraction of sp³-hybridized carbons (Fsp3) is 0.556. The average molecular weight is 335 g/mol. The van der Waals surface area contributed by atoms with Crippen LogP contribution >= 0.6 is 11.8 Å². The molecule has 0 aromatic heterocycles. The SMILES string of the molecule is CSc1ccc(C(=O)O[C@H](C)C(=O)N[C@@H]2CCCC[C@H]2C)cc1. The van der Waals surface area contributed by atoms with Gasteiger partial charge >= 0.3 is 5.97 Å². The topological polar surface area (TPSA) is 55.4 Å². The Balaban J connectivity index is 1.87. The number of carbonyl (C=O) groups excluding carboxylic acids is 2. The van der Waals surface area contributed by atoms with Crippen molar-refractivity contribution in [3.8, 4) is 0 Å². The third kappa shape index (κ3) is 4.99. The molecule has 1 aromatic carbocycles. The van der Waals surface area contributed by atoms with E-state index in [-0.39, 0.29) is 11.9 Å². The zero-order valence-corrected chi connectivity index (χ0v) is 14.8. The smallest absolute Gasteiger partial charge is 0.338 e. The van der Waals surface area contributed by atoms with E-state index in [1.807, 2.05) is 18.4 Å². The molecule has 1 saturated carbocycles. The molecule has 0 bridgehead atoms. The van der Waals surface area contributed by atoms with E-state index in [9.17, 15) is 9.59 Å². The van der Waals surface area contributed by atoms with Crippen LogP contribution in [-0.2, 0) is 9.53 Å². The molecule has 0 aliphatic heterocycles. The molecule has 0 saturated heterocycles. The minimum atomic E-state index is -0.781. The van der Waals surface area contributed by atoms with E-state index in [1.54, 1.807) is 30.8 Å². The van der Waals surface area contributed by atoms with Crippen LogP contribution in [0.3, 0.4) is 0 Å². The molecule has 3 atom stereocenters.